The monoisotopic (exact) mass is 1880 g/mol. The van der Waals surface area contributed by atoms with Crippen molar-refractivity contribution >= 4 is 43.1 Å². The van der Waals surface area contributed by atoms with E-state index < -0.39 is 0 Å². The summed E-state index contributed by atoms with van der Waals surface area (Å²) in [6.07, 6.45) is 0. The van der Waals surface area contributed by atoms with E-state index >= 15 is 0 Å². The van der Waals surface area contributed by atoms with E-state index in [0.717, 1.165) is 105 Å². The van der Waals surface area contributed by atoms with Crippen LogP contribution in [0.25, 0.3) is 290 Å². The quantitative estimate of drug-likeness (QED) is 0.0932. The molecule has 0 atom stereocenters. The Hall–Kier alpha value is -19.9. The molecule has 0 amide bonds. The Balaban J connectivity index is 0.000000111. The van der Waals surface area contributed by atoms with Gasteiger partial charge in [0.25, 0.3) is 0 Å². The fourth-order valence-electron chi connectivity index (χ4n) is 21.6. The maximum absolute atomic E-state index is 5.24. The van der Waals surface area contributed by atoms with E-state index in [1.54, 1.807) is 0 Å². The second-order valence-electron chi connectivity index (χ2n) is 37.7. The summed E-state index contributed by atoms with van der Waals surface area (Å²) in [6.45, 7) is 0. The van der Waals surface area contributed by atoms with Gasteiger partial charge in [0.2, 0.25) is 0 Å². The van der Waals surface area contributed by atoms with Crippen LogP contribution >= 0.6 is 0 Å². The molecule has 148 heavy (non-hydrogen) atoms. The van der Waals surface area contributed by atoms with Crippen molar-refractivity contribution in [2.24, 2.45) is 0 Å². The molecule has 0 fully saturated rings. The second-order valence-corrected chi connectivity index (χ2v) is 37.7. The Bertz CT molecular complexity index is 9460. The van der Waals surface area contributed by atoms with Crippen molar-refractivity contribution in [2.75, 3.05) is 0 Å². The minimum Gasteiger partial charge on any atom is -0.208 e. The fourth-order valence-corrected chi connectivity index (χ4v) is 21.6. The van der Waals surface area contributed by atoms with Crippen LogP contribution in [-0.4, -0.2) is 44.9 Å². The lowest BCUT2D eigenvalue weighted by atomic mass is 9.91. The fraction of sp³-hybridized carbons (Fsp3) is 0. The van der Waals surface area contributed by atoms with Gasteiger partial charge in [-0.1, -0.05) is 485 Å². The molecule has 26 aromatic rings. The Morgan fingerprint density at radius 1 is 0.0878 bits per heavy atom. The molecular formula is C139H87N9. The molecular weight excluding hydrogens is 1800 g/mol. The van der Waals surface area contributed by atoms with Crippen molar-refractivity contribution in [3.05, 3.63) is 528 Å². The number of hydrogen-bond acceptors (Lipinski definition) is 9. The zero-order valence-corrected chi connectivity index (χ0v) is 80.3. The Morgan fingerprint density at radius 3 is 0.655 bits per heavy atom. The molecule has 0 bridgehead atoms. The molecule has 0 saturated heterocycles. The average molecular weight is 1880 g/mol. The van der Waals surface area contributed by atoms with Gasteiger partial charge in [-0.2, -0.15) is 0 Å². The smallest absolute Gasteiger partial charge is 0.164 e. The van der Waals surface area contributed by atoms with Crippen LogP contribution in [0.15, 0.2) is 528 Å². The van der Waals surface area contributed by atoms with Gasteiger partial charge >= 0.3 is 0 Å². The molecule has 0 saturated carbocycles. The van der Waals surface area contributed by atoms with Gasteiger partial charge in [0, 0.05) is 50.1 Å². The number of nitrogens with zero attached hydrogens (tertiary/aromatic N) is 9. The van der Waals surface area contributed by atoms with Crippen molar-refractivity contribution in [3.63, 3.8) is 0 Å². The first-order valence-corrected chi connectivity index (χ1v) is 50.1. The van der Waals surface area contributed by atoms with Crippen LogP contribution in [0.4, 0.5) is 0 Å². The number of benzene rings is 23. The van der Waals surface area contributed by atoms with Crippen LogP contribution in [0.5, 0.6) is 0 Å². The molecule has 3 aromatic heterocycles. The lowest BCUT2D eigenvalue weighted by molar-refractivity contribution is 1.07. The first-order chi connectivity index (χ1) is 73.3. The molecule has 0 spiro atoms. The third-order valence-corrected chi connectivity index (χ3v) is 28.9. The number of fused-ring (bicyclic) bond motifs is 10. The summed E-state index contributed by atoms with van der Waals surface area (Å²) in [5, 5.41) is 9.80. The molecule has 3 heterocycles. The zero-order chi connectivity index (χ0) is 97.9. The van der Waals surface area contributed by atoms with E-state index in [-0.39, 0.29) is 0 Å². The van der Waals surface area contributed by atoms with Crippen LogP contribution in [-0.2, 0) is 0 Å². The van der Waals surface area contributed by atoms with E-state index in [1.807, 2.05) is 54.6 Å². The lowest BCUT2D eigenvalue weighted by Gasteiger charge is -2.14. The minimum absolute atomic E-state index is 0.622. The van der Waals surface area contributed by atoms with Crippen LogP contribution in [0, 0.1) is 0 Å². The van der Waals surface area contributed by atoms with E-state index in [4.69, 9.17) is 44.9 Å². The van der Waals surface area contributed by atoms with Crippen LogP contribution < -0.4 is 0 Å². The Morgan fingerprint density at radius 2 is 0.291 bits per heavy atom. The normalized spacial score (nSPS) is 11.5. The van der Waals surface area contributed by atoms with Crippen LogP contribution in [0.3, 0.4) is 0 Å². The third-order valence-electron chi connectivity index (χ3n) is 28.9. The SMILES string of the molecule is c1ccc(-c2ccc(-c3ccc(-c4nc(-c5ccccc5)nc(-c5ccc6c7c(cccc57)-c5ccccc5-6)n4)cc3)cc2)cc1.c1ccc(-c2ccc(-c3nc(-c4ccc(-c5ccccc5)cc4)nc(-c4cc(-c5ccccc5)cc(-c5ccc6c7c(cccc57)-c5ccccc5-6)c4)n3)cc2)cc1.c1ccc(-c2nc(-c3cccc(-c4ccc5ccccc5c4)c3)nc(-c3ccc4c5c(cccc35)-c3ccccc3-4)n2)cc1. The standard InChI is InChI=1S/C55H35N3.C43H27N3.C41H25N3/c1-4-13-36(14-5-1)39-23-27-41(28-24-39)53-56-54(42-29-25-40(26-30-42)37-15-6-2-7-16-37)58-55(57-53)45-34-43(38-17-8-3-9-18-38)33-44(35-45)46-31-32-51-48-20-11-10-19-47(48)50-22-12-21-49(46)52(50)51;1-3-10-28(11-4-1)29-18-20-30(21-19-29)31-22-24-33(25-23-31)42-44-41(32-12-5-2-6-13-32)45-43(46-42)39-27-26-38-35-15-8-7-14-34(35)36-16-9-17-37(39)40(36)38;1-2-11-27(12-3-1)39-42-40(31-15-8-14-29(25-31)30-21-20-26-10-4-5-13-28(26)24-30)44-41(43-39)37-23-22-36-33-17-7-6-16-32(33)34-18-9-19-35(37)38(34)36/h1-35H;1-27H;1-25H. The lowest BCUT2D eigenvalue weighted by Crippen LogP contribution is -2.01. The van der Waals surface area contributed by atoms with Gasteiger partial charge in [-0.05, 0) is 230 Å². The van der Waals surface area contributed by atoms with Crippen molar-refractivity contribution in [1.82, 2.24) is 44.9 Å². The highest BCUT2D eigenvalue weighted by molar-refractivity contribution is 6.21. The van der Waals surface area contributed by atoms with Crippen LogP contribution in [0.1, 0.15) is 0 Å². The van der Waals surface area contributed by atoms with Crippen LogP contribution in [0.2, 0.25) is 0 Å². The summed E-state index contributed by atoms with van der Waals surface area (Å²) < 4.78 is 0. The maximum Gasteiger partial charge on any atom is 0.164 e. The van der Waals surface area contributed by atoms with Gasteiger partial charge in [0.15, 0.2) is 52.4 Å². The van der Waals surface area contributed by atoms with Crippen molar-refractivity contribution in [2.45, 2.75) is 0 Å². The van der Waals surface area contributed by atoms with Gasteiger partial charge in [-0.15, -0.1) is 0 Å². The molecule has 0 aliphatic heterocycles. The summed E-state index contributed by atoms with van der Waals surface area (Å²) >= 11 is 0. The highest BCUT2D eigenvalue weighted by atomic mass is 15.1. The predicted octanol–water partition coefficient (Wildman–Crippen LogP) is 35.8. The molecule has 0 N–H and O–H groups in total. The molecule has 23 aromatic carbocycles. The highest BCUT2D eigenvalue weighted by Crippen LogP contribution is 2.54. The third kappa shape index (κ3) is 16.3. The van der Waals surface area contributed by atoms with E-state index in [0.29, 0.717) is 52.4 Å². The largest absolute Gasteiger partial charge is 0.208 e. The first-order valence-electron chi connectivity index (χ1n) is 50.1. The molecule has 0 radical (unpaired) electrons. The van der Waals surface area contributed by atoms with Gasteiger partial charge in [0.05, 0.1) is 0 Å². The average Bonchev–Trinajstić information content (AvgIpc) is 1.57. The summed E-state index contributed by atoms with van der Waals surface area (Å²) in [4.78, 5) is 46.0. The molecule has 3 aliphatic carbocycles. The maximum atomic E-state index is 5.24. The van der Waals surface area contributed by atoms with Gasteiger partial charge in [-0.25, -0.2) is 44.9 Å². The zero-order valence-electron chi connectivity index (χ0n) is 80.3. The van der Waals surface area contributed by atoms with E-state index in [2.05, 4.69) is 473 Å². The Kier molecular flexibility index (Phi) is 22.1. The predicted molar refractivity (Wildman–Crippen MR) is 610 cm³/mol. The Labute approximate surface area is 856 Å². The highest BCUT2D eigenvalue weighted by Gasteiger charge is 2.29. The summed E-state index contributed by atoms with van der Waals surface area (Å²) in [5.41, 5.74) is 40.1. The molecule has 9 nitrogen and oxygen atoms in total. The number of aromatic nitrogens is 9. The molecule has 9 heteroatoms. The minimum atomic E-state index is 0.622. The molecule has 0 unspecified atom stereocenters. The van der Waals surface area contributed by atoms with Gasteiger partial charge in [-0.3, -0.25) is 0 Å². The van der Waals surface area contributed by atoms with Gasteiger partial charge < -0.3 is 0 Å². The van der Waals surface area contributed by atoms with E-state index in [1.165, 1.54) is 132 Å². The summed E-state index contributed by atoms with van der Waals surface area (Å²) in [6, 6.07) is 186. The topological polar surface area (TPSA) is 116 Å². The van der Waals surface area contributed by atoms with E-state index in [9.17, 15) is 0 Å². The number of rotatable bonds is 16. The van der Waals surface area contributed by atoms with Gasteiger partial charge in [0.1, 0.15) is 0 Å². The van der Waals surface area contributed by atoms with Crippen molar-refractivity contribution in [3.8, 4) is 247 Å². The van der Waals surface area contributed by atoms with Crippen molar-refractivity contribution < 1.29 is 0 Å². The molecule has 29 rings (SSSR count). The molecule has 3 aliphatic rings. The summed E-state index contributed by atoms with van der Waals surface area (Å²) in [7, 11) is 0. The van der Waals surface area contributed by atoms with Crippen molar-refractivity contribution in [1.29, 1.82) is 0 Å². The number of hydrogen-bond donors (Lipinski definition) is 0. The first kappa shape index (κ1) is 87.2. The molecule has 688 valence electrons. The summed E-state index contributed by atoms with van der Waals surface area (Å²) in [5.74, 6) is 5.85. The second kappa shape index (κ2) is 37.5.